The summed E-state index contributed by atoms with van der Waals surface area (Å²) in [6.45, 7) is 13.6. The number of anilines is 3. The van der Waals surface area contributed by atoms with E-state index in [2.05, 4.69) is 95.3 Å². The molecule has 0 spiro atoms. The van der Waals surface area contributed by atoms with Gasteiger partial charge in [0.25, 0.3) is 17.7 Å². The molecule has 21 nitrogen and oxygen atoms in total. The Labute approximate surface area is 476 Å². The van der Waals surface area contributed by atoms with Gasteiger partial charge in [-0.25, -0.2) is 44.9 Å². The summed E-state index contributed by atoms with van der Waals surface area (Å²) in [5.74, 6) is 3.92. The quantitative estimate of drug-likeness (QED) is 0.128. The minimum atomic E-state index is -0.292. The summed E-state index contributed by atoms with van der Waals surface area (Å²) in [4.78, 5) is 78.4. The van der Waals surface area contributed by atoms with Crippen LogP contribution < -0.4 is 30.2 Å². The van der Waals surface area contributed by atoms with E-state index in [-0.39, 0.29) is 43.3 Å². The van der Waals surface area contributed by atoms with E-state index >= 15 is 0 Å². The second kappa shape index (κ2) is 26.1. The molecule has 0 fully saturated rings. The molecule has 0 radical (unpaired) electrons. The molecule has 9 aromatic heterocycles. The second-order valence-electron chi connectivity index (χ2n) is 20.2. The van der Waals surface area contributed by atoms with Gasteiger partial charge in [0.05, 0.1) is 19.8 Å². The third-order valence-corrected chi connectivity index (χ3v) is 13.8. The van der Waals surface area contributed by atoms with E-state index in [1.54, 1.807) is 73.6 Å². The Kier molecular flexibility index (Phi) is 18.1. The van der Waals surface area contributed by atoms with Crippen LogP contribution in [0.4, 0.5) is 17.5 Å². The van der Waals surface area contributed by atoms with E-state index in [1.807, 2.05) is 75.8 Å². The number of aryl methyl sites for hydroxylation is 3. The first-order valence-electron chi connectivity index (χ1n) is 27.1. The lowest BCUT2D eigenvalue weighted by Gasteiger charge is -2.18. The molecule has 0 saturated heterocycles. The molecule has 0 aliphatic carbocycles. The molecule has 3 amide bonds. The average Bonchev–Trinajstić information content (AvgIpc) is 4.30. The summed E-state index contributed by atoms with van der Waals surface area (Å²) in [5, 5.41) is 8.54. The standard InChI is InChI=1S/3C20H21N5O2.CH4/c3*1-13-11-15-19(26)24-17-7-3-6-16(23-17)18-21-8-9-25(18)14(2)5-4-10-27-20(15)22-12-13;/h3*3,6-9,11-12,14H,4-5,10H2,1-2H3,(H,23,24,26);1H4/t2*14-;;/m10../s1. The number of nitrogens with one attached hydrogen (secondary N) is 3. The third kappa shape index (κ3) is 13.5. The number of carbonyl (C=O) groups is 3. The summed E-state index contributed by atoms with van der Waals surface area (Å²) in [6.07, 6.45) is 21.6. The molecule has 12 rings (SSSR count). The van der Waals surface area contributed by atoms with Crippen molar-refractivity contribution in [2.24, 2.45) is 0 Å². The van der Waals surface area contributed by atoms with Crippen molar-refractivity contribution in [3.05, 3.63) is 162 Å². The fraction of sp³-hybridized carbons (Fsp3) is 0.311. The number of hydrogen-bond acceptors (Lipinski definition) is 15. The highest BCUT2D eigenvalue weighted by molar-refractivity contribution is 6.07. The molecule has 12 heterocycles. The van der Waals surface area contributed by atoms with Crippen molar-refractivity contribution in [3.63, 3.8) is 0 Å². The van der Waals surface area contributed by atoms with Crippen LogP contribution in [0.25, 0.3) is 34.6 Å². The van der Waals surface area contributed by atoms with E-state index in [4.69, 9.17) is 14.2 Å². The Hall–Kier alpha value is -9.66. The lowest BCUT2D eigenvalue weighted by molar-refractivity contribution is 0.101. The van der Waals surface area contributed by atoms with Gasteiger partial charge in [0.2, 0.25) is 17.6 Å². The summed E-state index contributed by atoms with van der Waals surface area (Å²) in [6, 6.07) is 22.6. The second-order valence-corrected chi connectivity index (χ2v) is 20.2. The van der Waals surface area contributed by atoms with Gasteiger partial charge in [-0.1, -0.05) is 25.6 Å². The van der Waals surface area contributed by atoms with Gasteiger partial charge < -0.3 is 43.9 Å². The maximum Gasteiger partial charge on any atom is 0.262 e. The SMILES string of the molecule is C.Cc1cnc2c(c1)C(=O)Nc1cccc(n1)-c1nccn1C(C)CCCO2.Cc1cnc2c(c1)C(=O)Nc1cccc(n1)-c1nccn1[C@@H](C)CCCO2.Cc1cnc2c(c1)C(=O)Nc1cccc(n1)-c1nccn1[C@H](C)CCCO2. The molecule has 422 valence electrons. The number of carbonyl (C=O) groups excluding carboxylic acids is 3. The lowest BCUT2D eigenvalue weighted by atomic mass is 10.1. The van der Waals surface area contributed by atoms with Crippen LogP contribution in [0.3, 0.4) is 0 Å². The van der Waals surface area contributed by atoms with Gasteiger partial charge in [0, 0.05) is 73.9 Å². The molecule has 3 aliphatic rings. The summed E-state index contributed by atoms with van der Waals surface area (Å²) in [7, 11) is 0. The number of nitrogens with zero attached hydrogens (tertiary/aromatic N) is 12. The van der Waals surface area contributed by atoms with Crippen molar-refractivity contribution in [2.45, 2.75) is 106 Å². The first kappa shape index (κ1) is 57.0. The average molecular weight is 1110 g/mol. The van der Waals surface area contributed by atoms with Crippen LogP contribution >= 0.6 is 0 Å². The number of aromatic nitrogens is 12. The molecule has 1 unspecified atom stereocenters. The van der Waals surface area contributed by atoms with Crippen LogP contribution in [-0.4, -0.2) is 96.1 Å². The first-order chi connectivity index (χ1) is 39.3. The summed E-state index contributed by atoms with van der Waals surface area (Å²) in [5.41, 5.74) is 6.08. The first-order valence-corrected chi connectivity index (χ1v) is 27.1. The fourth-order valence-electron chi connectivity index (χ4n) is 9.60. The minimum absolute atomic E-state index is 0. The Bertz CT molecular complexity index is 3330. The highest BCUT2D eigenvalue weighted by Gasteiger charge is 2.23. The van der Waals surface area contributed by atoms with Gasteiger partial charge in [-0.05, 0) is 151 Å². The largest absolute Gasteiger partial charge is 0.477 e. The lowest BCUT2D eigenvalue weighted by Crippen LogP contribution is -2.17. The normalized spacial score (nSPS) is 16.9. The molecule has 3 N–H and O–H groups in total. The Morgan fingerprint density at radius 3 is 1.02 bits per heavy atom. The maximum atomic E-state index is 12.8. The van der Waals surface area contributed by atoms with Gasteiger partial charge in [-0.15, -0.1) is 0 Å². The minimum Gasteiger partial charge on any atom is -0.477 e. The molecular formula is C61H67N15O6. The van der Waals surface area contributed by atoms with Gasteiger partial charge in [0.15, 0.2) is 17.5 Å². The predicted octanol–water partition coefficient (Wildman–Crippen LogP) is 11.5. The van der Waals surface area contributed by atoms with Crippen molar-refractivity contribution in [2.75, 3.05) is 35.8 Å². The van der Waals surface area contributed by atoms with E-state index < -0.39 is 0 Å². The molecule has 21 heteroatoms. The number of imidazole rings is 3. The van der Waals surface area contributed by atoms with Crippen molar-refractivity contribution in [1.29, 1.82) is 0 Å². The van der Waals surface area contributed by atoms with Crippen LogP contribution in [0, 0.1) is 20.8 Å². The van der Waals surface area contributed by atoms with E-state index in [1.165, 1.54) is 0 Å². The molecule has 6 bridgehead atoms. The topological polar surface area (TPSA) is 246 Å². The number of amides is 3. The van der Waals surface area contributed by atoms with E-state index in [9.17, 15) is 14.4 Å². The molecule has 0 aromatic carbocycles. The Morgan fingerprint density at radius 1 is 0.439 bits per heavy atom. The molecule has 3 aliphatic heterocycles. The predicted molar refractivity (Wildman–Crippen MR) is 312 cm³/mol. The fourth-order valence-corrected chi connectivity index (χ4v) is 9.60. The van der Waals surface area contributed by atoms with Crippen LogP contribution in [0.15, 0.2) is 129 Å². The zero-order chi connectivity index (χ0) is 56.4. The van der Waals surface area contributed by atoms with Gasteiger partial charge >= 0.3 is 0 Å². The highest BCUT2D eigenvalue weighted by Crippen LogP contribution is 2.30. The Morgan fingerprint density at radius 2 is 0.732 bits per heavy atom. The molecule has 0 saturated carbocycles. The van der Waals surface area contributed by atoms with Crippen LogP contribution in [0.5, 0.6) is 17.6 Å². The molecule has 82 heavy (non-hydrogen) atoms. The number of pyridine rings is 6. The van der Waals surface area contributed by atoms with Gasteiger partial charge in [0.1, 0.15) is 51.2 Å². The van der Waals surface area contributed by atoms with E-state index in [0.717, 1.165) is 89.8 Å². The zero-order valence-corrected chi connectivity index (χ0v) is 46.0. The van der Waals surface area contributed by atoms with E-state index in [0.29, 0.717) is 71.6 Å². The molecular weight excluding hydrogens is 1040 g/mol. The number of ether oxygens (including phenoxy) is 3. The van der Waals surface area contributed by atoms with Crippen LogP contribution in [-0.2, 0) is 0 Å². The van der Waals surface area contributed by atoms with Gasteiger partial charge in [-0.2, -0.15) is 0 Å². The third-order valence-electron chi connectivity index (χ3n) is 13.8. The smallest absolute Gasteiger partial charge is 0.262 e. The number of hydrogen-bond donors (Lipinski definition) is 3. The Balaban J connectivity index is 0.000000147. The molecule has 9 aromatic rings. The van der Waals surface area contributed by atoms with Crippen LogP contribution in [0.1, 0.15) is 133 Å². The molecule has 3 atom stereocenters. The van der Waals surface area contributed by atoms with Crippen molar-refractivity contribution < 1.29 is 28.6 Å². The zero-order valence-electron chi connectivity index (χ0n) is 46.0. The summed E-state index contributed by atoms with van der Waals surface area (Å²) < 4.78 is 23.8. The van der Waals surface area contributed by atoms with Crippen LogP contribution in [0.2, 0.25) is 0 Å². The number of rotatable bonds is 0. The van der Waals surface area contributed by atoms with Crippen molar-refractivity contribution in [1.82, 2.24) is 58.6 Å². The number of fused-ring (bicyclic) bond motifs is 15. The maximum absolute atomic E-state index is 12.8. The highest BCUT2D eigenvalue weighted by atomic mass is 16.5. The monoisotopic (exact) mass is 1110 g/mol. The summed E-state index contributed by atoms with van der Waals surface area (Å²) >= 11 is 0. The van der Waals surface area contributed by atoms with Crippen molar-refractivity contribution in [3.8, 4) is 52.2 Å². The van der Waals surface area contributed by atoms with Crippen molar-refractivity contribution >= 4 is 35.2 Å². The van der Waals surface area contributed by atoms with Gasteiger partial charge in [-0.3, -0.25) is 14.4 Å².